The minimum absolute atomic E-state index is 0.0465. The number of aryl methyl sites for hydroxylation is 1. The maximum Gasteiger partial charge on any atom is 0.274 e. The molecule has 1 aliphatic rings. The Hall–Kier alpha value is -1.30. The second kappa shape index (κ2) is 5.56. The fraction of sp³-hybridized carbons (Fsp3) is 0.667. The monoisotopic (exact) mass is 267 g/mol. The zero-order valence-electron chi connectivity index (χ0n) is 10.7. The van der Waals surface area contributed by atoms with Gasteiger partial charge in [-0.05, 0) is 31.3 Å². The highest BCUT2D eigenvalue weighted by atomic mass is 32.1. The molecule has 2 amide bonds. The second-order valence-corrected chi connectivity index (χ2v) is 5.43. The van der Waals surface area contributed by atoms with Crippen molar-refractivity contribution in [2.75, 3.05) is 0 Å². The Morgan fingerprint density at radius 2 is 1.94 bits per heavy atom. The van der Waals surface area contributed by atoms with Crippen LogP contribution in [-0.2, 0) is 4.79 Å². The molecule has 1 aromatic heterocycles. The molecule has 0 aliphatic heterocycles. The first-order valence-electron chi connectivity index (χ1n) is 6.24. The van der Waals surface area contributed by atoms with Crippen LogP contribution in [-0.4, -0.2) is 32.3 Å². The molecule has 6 heteroatoms. The van der Waals surface area contributed by atoms with Crippen molar-refractivity contribution in [1.29, 1.82) is 0 Å². The van der Waals surface area contributed by atoms with Gasteiger partial charge < -0.3 is 0 Å². The fourth-order valence-electron chi connectivity index (χ4n) is 2.44. The summed E-state index contributed by atoms with van der Waals surface area (Å²) in [7, 11) is 0. The lowest BCUT2D eigenvalue weighted by Crippen LogP contribution is -2.44. The summed E-state index contributed by atoms with van der Waals surface area (Å²) < 4.78 is 3.76. The van der Waals surface area contributed by atoms with Gasteiger partial charge in [0.15, 0.2) is 0 Å². The van der Waals surface area contributed by atoms with Gasteiger partial charge in [-0.1, -0.05) is 23.8 Å². The van der Waals surface area contributed by atoms with Gasteiger partial charge in [-0.2, -0.15) is 0 Å². The first-order chi connectivity index (χ1) is 8.61. The molecular formula is C12H17N3O2S. The van der Waals surface area contributed by atoms with Crippen LogP contribution in [0.1, 0.15) is 54.4 Å². The average Bonchev–Trinajstić information content (AvgIpc) is 2.76. The lowest BCUT2D eigenvalue weighted by molar-refractivity contribution is -0.128. The molecule has 0 atom stereocenters. The molecule has 5 nitrogen and oxygen atoms in total. The van der Waals surface area contributed by atoms with Gasteiger partial charge in [0.25, 0.3) is 5.91 Å². The summed E-state index contributed by atoms with van der Waals surface area (Å²) in [4.78, 5) is 26.0. The highest BCUT2D eigenvalue weighted by Crippen LogP contribution is 2.25. The predicted molar refractivity (Wildman–Crippen MR) is 68.4 cm³/mol. The number of aromatic nitrogens is 2. The molecule has 98 valence electrons. The van der Waals surface area contributed by atoms with Crippen molar-refractivity contribution < 1.29 is 9.59 Å². The molecule has 1 heterocycles. The number of carbonyl (C=O) groups is 2. The number of hydrogen-bond donors (Lipinski definition) is 0. The maximum atomic E-state index is 12.4. The Bertz CT molecular complexity index is 452. The van der Waals surface area contributed by atoms with Crippen molar-refractivity contribution >= 4 is 23.3 Å². The third kappa shape index (κ3) is 2.58. The first-order valence-corrected chi connectivity index (χ1v) is 7.01. The predicted octanol–water partition coefficient (Wildman–Crippen LogP) is 2.17. The van der Waals surface area contributed by atoms with E-state index in [-0.39, 0.29) is 17.9 Å². The minimum Gasteiger partial charge on any atom is -0.275 e. The number of nitrogens with zero attached hydrogens (tertiary/aromatic N) is 3. The lowest BCUT2D eigenvalue weighted by atomic mass is 9.94. The quantitative estimate of drug-likeness (QED) is 0.823. The van der Waals surface area contributed by atoms with Gasteiger partial charge in [-0.15, -0.1) is 5.10 Å². The molecule has 0 bridgehead atoms. The summed E-state index contributed by atoms with van der Waals surface area (Å²) >= 11 is 1.06. The largest absolute Gasteiger partial charge is 0.275 e. The topological polar surface area (TPSA) is 63.2 Å². The fourth-order valence-corrected chi connectivity index (χ4v) is 3.04. The third-order valence-electron chi connectivity index (χ3n) is 3.34. The molecule has 0 unspecified atom stereocenters. The van der Waals surface area contributed by atoms with Crippen LogP contribution in [0.25, 0.3) is 0 Å². The van der Waals surface area contributed by atoms with Crippen LogP contribution in [0, 0.1) is 6.92 Å². The SMILES string of the molecule is CC(=O)N(C(=O)c1snnc1C)C1CCCCC1. The van der Waals surface area contributed by atoms with Gasteiger partial charge in [0.2, 0.25) is 5.91 Å². The van der Waals surface area contributed by atoms with Crippen LogP contribution in [0.5, 0.6) is 0 Å². The first kappa shape index (κ1) is 13.1. The molecule has 2 rings (SSSR count). The van der Waals surface area contributed by atoms with Crippen LogP contribution < -0.4 is 0 Å². The van der Waals surface area contributed by atoms with Gasteiger partial charge >= 0.3 is 0 Å². The van der Waals surface area contributed by atoms with E-state index in [0.29, 0.717) is 10.6 Å². The molecule has 1 saturated carbocycles. The highest BCUT2D eigenvalue weighted by molar-refractivity contribution is 7.08. The van der Waals surface area contributed by atoms with Crippen molar-refractivity contribution in [3.63, 3.8) is 0 Å². The van der Waals surface area contributed by atoms with E-state index in [2.05, 4.69) is 9.59 Å². The van der Waals surface area contributed by atoms with Crippen molar-refractivity contribution in [3.8, 4) is 0 Å². The minimum atomic E-state index is -0.234. The molecule has 18 heavy (non-hydrogen) atoms. The molecule has 0 aromatic carbocycles. The molecule has 1 aromatic rings. The van der Waals surface area contributed by atoms with Gasteiger partial charge in [0.05, 0.1) is 5.69 Å². The van der Waals surface area contributed by atoms with Gasteiger partial charge in [0.1, 0.15) is 4.88 Å². The van der Waals surface area contributed by atoms with Crippen molar-refractivity contribution in [1.82, 2.24) is 14.5 Å². The number of imide groups is 1. The van der Waals surface area contributed by atoms with E-state index in [4.69, 9.17) is 0 Å². The van der Waals surface area contributed by atoms with Crippen LogP contribution in [0.15, 0.2) is 0 Å². The lowest BCUT2D eigenvalue weighted by Gasteiger charge is -2.31. The molecule has 0 saturated heterocycles. The highest BCUT2D eigenvalue weighted by Gasteiger charge is 2.31. The molecule has 0 radical (unpaired) electrons. The van der Waals surface area contributed by atoms with E-state index in [1.54, 1.807) is 6.92 Å². The van der Waals surface area contributed by atoms with E-state index in [1.165, 1.54) is 18.2 Å². The average molecular weight is 267 g/mol. The molecule has 1 aliphatic carbocycles. The normalized spacial score (nSPS) is 16.6. The second-order valence-electron chi connectivity index (χ2n) is 4.67. The van der Waals surface area contributed by atoms with E-state index in [0.717, 1.165) is 37.2 Å². The summed E-state index contributed by atoms with van der Waals surface area (Å²) in [6, 6.07) is 0.0465. The van der Waals surface area contributed by atoms with Gasteiger partial charge in [0, 0.05) is 13.0 Å². The zero-order chi connectivity index (χ0) is 13.1. The number of amides is 2. The van der Waals surface area contributed by atoms with Crippen LogP contribution in [0.3, 0.4) is 0 Å². The summed E-state index contributed by atoms with van der Waals surface area (Å²) in [5.74, 6) is -0.415. The zero-order valence-corrected chi connectivity index (χ0v) is 11.5. The van der Waals surface area contributed by atoms with Crippen LogP contribution in [0.4, 0.5) is 0 Å². The van der Waals surface area contributed by atoms with E-state index < -0.39 is 0 Å². The van der Waals surface area contributed by atoms with Crippen molar-refractivity contribution in [3.05, 3.63) is 10.6 Å². The van der Waals surface area contributed by atoms with Gasteiger partial charge in [-0.25, -0.2) is 0 Å². The van der Waals surface area contributed by atoms with E-state index in [9.17, 15) is 9.59 Å². The molecular weight excluding hydrogens is 250 g/mol. The summed E-state index contributed by atoms with van der Waals surface area (Å²) in [5, 5.41) is 3.83. The maximum absolute atomic E-state index is 12.4. The van der Waals surface area contributed by atoms with Crippen molar-refractivity contribution in [2.24, 2.45) is 0 Å². The Balaban J connectivity index is 2.22. The van der Waals surface area contributed by atoms with Crippen molar-refractivity contribution in [2.45, 2.75) is 52.0 Å². The summed E-state index contributed by atoms with van der Waals surface area (Å²) in [6.45, 7) is 3.20. The Morgan fingerprint density at radius 1 is 1.28 bits per heavy atom. The third-order valence-corrected chi connectivity index (χ3v) is 4.16. The van der Waals surface area contributed by atoms with Crippen LogP contribution in [0.2, 0.25) is 0 Å². The Morgan fingerprint density at radius 3 is 2.44 bits per heavy atom. The molecule has 0 N–H and O–H groups in total. The standard InChI is InChI=1S/C12H17N3O2S/c1-8-11(18-14-13-8)12(17)15(9(2)16)10-6-4-3-5-7-10/h10H,3-7H2,1-2H3. The Labute approximate surface area is 110 Å². The summed E-state index contributed by atoms with van der Waals surface area (Å²) in [5.41, 5.74) is 0.604. The number of rotatable bonds is 2. The Kier molecular flexibility index (Phi) is 4.06. The number of carbonyl (C=O) groups excluding carboxylic acids is 2. The van der Waals surface area contributed by atoms with Crippen LogP contribution >= 0.6 is 11.5 Å². The molecule has 1 fully saturated rings. The molecule has 0 spiro atoms. The summed E-state index contributed by atoms with van der Waals surface area (Å²) in [6.07, 6.45) is 5.19. The van der Waals surface area contributed by atoms with E-state index >= 15 is 0 Å². The smallest absolute Gasteiger partial charge is 0.274 e. The van der Waals surface area contributed by atoms with Gasteiger partial charge in [-0.3, -0.25) is 14.5 Å². The number of hydrogen-bond acceptors (Lipinski definition) is 5. The van der Waals surface area contributed by atoms with E-state index in [1.807, 2.05) is 0 Å².